The molecular formula is C21H33NO3. The van der Waals surface area contributed by atoms with Crippen LogP contribution in [0, 0.1) is 23.2 Å². The van der Waals surface area contributed by atoms with E-state index in [0.717, 1.165) is 51.2 Å². The highest BCUT2D eigenvalue weighted by atomic mass is 16.7. The molecule has 2 aliphatic heterocycles. The van der Waals surface area contributed by atoms with Crippen LogP contribution < -0.4 is 0 Å². The van der Waals surface area contributed by atoms with Crippen molar-refractivity contribution >= 4 is 0 Å². The van der Waals surface area contributed by atoms with Gasteiger partial charge in [0, 0.05) is 18.4 Å². The van der Waals surface area contributed by atoms with Gasteiger partial charge in [-0.05, 0) is 69.4 Å². The van der Waals surface area contributed by atoms with Crippen molar-refractivity contribution in [3.63, 3.8) is 0 Å². The number of aliphatic hydroxyl groups is 1. The monoisotopic (exact) mass is 347 g/mol. The molecule has 2 saturated carbocycles. The molecular weight excluding hydrogens is 314 g/mol. The quantitative estimate of drug-likeness (QED) is 0.684. The second kappa shape index (κ2) is 5.31. The number of aliphatic hydroxyl groups excluding tert-OH is 1. The molecule has 1 spiro atoms. The molecule has 5 rings (SSSR count). The molecule has 0 amide bonds. The molecule has 4 fully saturated rings. The third-order valence-corrected chi connectivity index (χ3v) is 8.87. The maximum absolute atomic E-state index is 11.3. The van der Waals surface area contributed by atoms with Crippen molar-refractivity contribution < 1.29 is 14.6 Å². The maximum atomic E-state index is 11.3. The van der Waals surface area contributed by atoms with Gasteiger partial charge in [-0.3, -0.25) is 0 Å². The van der Waals surface area contributed by atoms with Crippen LogP contribution in [0.3, 0.4) is 0 Å². The zero-order valence-corrected chi connectivity index (χ0v) is 16.0. The number of nitrogens with zero attached hydrogens (tertiary/aromatic N) is 1. The lowest BCUT2D eigenvalue weighted by Crippen LogP contribution is -2.61. The highest BCUT2D eigenvalue weighted by molar-refractivity contribution is 5.28. The molecule has 3 unspecified atom stereocenters. The van der Waals surface area contributed by atoms with Gasteiger partial charge >= 0.3 is 0 Å². The van der Waals surface area contributed by atoms with Crippen molar-refractivity contribution in [2.45, 2.75) is 69.8 Å². The third-order valence-electron chi connectivity index (χ3n) is 8.87. The molecule has 0 aromatic carbocycles. The highest BCUT2D eigenvalue weighted by Crippen LogP contribution is 2.63. The lowest BCUT2D eigenvalue weighted by molar-refractivity contribution is -0.192. The van der Waals surface area contributed by atoms with Gasteiger partial charge in [0.2, 0.25) is 0 Å². The summed E-state index contributed by atoms with van der Waals surface area (Å²) < 4.78 is 12.0. The number of allylic oxidation sites excluding steroid dienone is 1. The van der Waals surface area contributed by atoms with E-state index in [4.69, 9.17) is 9.47 Å². The van der Waals surface area contributed by atoms with E-state index in [9.17, 15) is 5.11 Å². The molecule has 2 heterocycles. The van der Waals surface area contributed by atoms with Crippen LogP contribution in [-0.2, 0) is 9.47 Å². The van der Waals surface area contributed by atoms with E-state index < -0.39 is 0 Å². The van der Waals surface area contributed by atoms with Crippen molar-refractivity contribution in [2.24, 2.45) is 23.2 Å². The molecule has 140 valence electrons. The fourth-order valence-electron chi connectivity index (χ4n) is 7.36. The molecule has 3 aliphatic carbocycles. The molecule has 6 atom stereocenters. The Morgan fingerprint density at radius 3 is 2.72 bits per heavy atom. The lowest BCUT2D eigenvalue weighted by atomic mass is 9.48. The molecule has 1 N–H and O–H groups in total. The molecule has 25 heavy (non-hydrogen) atoms. The Morgan fingerprint density at radius 1 is 1.20 bits per heavy atom. The molecule has 0 aromatic rings. The highest BCUT2D eigenvalue weighted by Gasteiger charge is 2.62. The van der Waals surface area contributed by atoms with E-state index in [1.165, 1.54) is 18.5 Å². The van der Waals surface area contributed by atoms with Crippen molar-refractivity contribution in [3.05, 3.63) is 11.6 Å². The fourth-order valence-corrected chi connectivity index (χ4v) is 7.36. The van der Waals surface area contributed by atoms with Crippen molar-refractivity contribution in [1.82, 2.24) is 4.90 Å². The van der Waals surface area contributed by atoms with E-state index in [0.29, 0.717) is 11.8 Å². The first kappa shape index (κ1) is 16.7. The molecule has 0 aromatic heterocycles. The summed E-state index contributed by atoms with van der Waals surface area (Å²) in [7, 11) is 2.25. The lowest BCUT2D eigenvalue weighted by Gasteiger charge is -2.60. The average Bonchev–Trinajstić information content (AvgIpc) is 3.13. The number of hydrogen-bond acceptors (Lipinski definition) is 4. The number of rotatable bonds is 0. The Hall–Kier alpha value is -0.420. The van der Waals surface area contributed by atoms with Gasteiger partial charge in [-0.1, -0.05) is 18.6 Å². The SMILES string of the molecule is CN1CCC2C3CC=C4CC5(CC[C@]4(C)C3[C@@H](O)C[C@@]21C)OCCO5. The van der Waals surface area contributed by atoms with Crippen molar-refractivity contribution in [1.29, 1.82) is 0 Å². The summed E-state index contributed by atoms with van der Waals surface area (Å²) in [4.78, 5) is 2.51. The Balaban J connectivity index is 1.50. The minimum absolute atomic E-state index is 0.116. The summed E-state index contributed by atoms with van der Waals surface area (Å²) in [5.74, 6) is 1.37. The van der Waals surface area contributed by atoms with Gasteiger partial charge in [0.25, 0.3) is 0 Å². The first-order valence-electron chi connectivity index (χ1n) is 10.2. The molecule has 5 aliphatic rings. The molecule has 0 bridgehead atoms. The molecule has 4 nitrogen and oxygen atoms in total. The summed E-state index contributed by atoms with van der Waals surface area (Å²) in [6.45, 7) is 7.44. The molecule has 4 heteroatoms. The summed E-state index contributed by atoms with van der Waals surface area (Å²) in [5, 5.41) is 11.3. The zero-order valence-electron chi connectivity index (χ0n) is 16.0. The van der Waals surface area contributed by atoms with Gasteiger partial charge in [0.15, 0.2) is 5.79 Å². The van der Waals surface area contributed by atoms with E-state index in [2.05, 4.69) is 31.9 Å². The van der Waals surface area contributed by atoms with Gasteiger partial charge in [0.1, 0.15) is 0 Å². The Morgan fingerprint density at radius 2 is 1.96 bits per heavy atom. The first-order chi connectivity index (χ1) is 11.9. The van der Waals surface area contributed by atoms with Crippen LogP contribution in [-0.4, -0.2) is 54.2 Å². The van der Waals surface area contributed by atoms with Crippen molar-refractivity contribution in [2.75, 3.05) is 26.8 Å². The predicted molar refractivity (Wildman–Crippen MR) is 96.0 cm³/mol. The average molecular weight is 347 g/mol. The van der Waals surface area contributed by atoms with Gasteiger partial charge in [0.05, 0.1) is 19.3 Å². The number of ether oxygens (including phenoxy) is 2. The van der Waals surface area contributed by atoms with Gasteiger partial charge in [-0.2, -0.15) is 0 Å². The second-order valence-corrected chi connectivity index (χ2v) is 9.80. The topological polar surface area (TPSA) is 41.9 Å². The van der Waals surface area contributed by atoms with Crippen LogP contribution in [0.2, 0.25) is 0 Å². The second-order valence-electron chi connectivity index (χ2n) is 9.80. The summed E-state index contributed by atoms with van der Waals surface area (Å²) >= 11 is 0. The first-order valence-corrected chi connectivity index (χ1v) is 10.2. The fraction of sp³-hybridized carbons (Fsp3) is 0.905. The van der Waals surface area contributed by atoms with Gasteiger partial charge < -0.3 is 19.5 Å². The van der Waals surface area contributed by atoms with Crippen LogP contribution in [0.4, 0.5) is 0 Å². The normalized spacial score (nSPS) is 51.8. The smallest absolute Gasteiger partial charge is 0.172 e. The van der Waals surface area contributed by atoms with Crippen LogP contribution >= 0.6 is 0 Å². The maximum Gasteiger partial charge on any atom is 0.172 e. The predicted octanol–water partition coefficient (Wildman–Crippen LogP) is 2.96. The van der Waals surface area contributed by atoms with Crippen molar-refractivity contribution in [3.8, 4) is 0 Å². The van der Waals surface area contributed by atoms with E-state index in [-0.39, 0.29) is 22.8 Å². The minimum atomic E-state index is -0.361. The summed E-state index contributed by atoms with van der Waals surface area (Å²) in [6.07, 6.45) is 8.60. The largest absolute Gasteiger partial charge is 0.393 e. The van der Waals surface area contributed by atoms with Crippen LogP contribution in [0.1, 0.15) is 52.4 Å². The van der Waals surface area contributed by atoms with Crippen LogP contribution in [0.5, 0.6) is 0 Å². The molecule has 2 saturated heterocycles. The Bertz CT molecular complexity index is 598. The summed E-state index contributed by atoms with van der Waals surface area (Å²) in [5.41, 5.74) is 1.79. The van der Waals surface area contributed by atoms with E-state index >= 15 is 0 Å². The van der Waals surface area contributed by atoms with E-state index in [1.54, 1.807) is 0 Å². The Kier molecular flexibility index (Phi) is 3.55. The third kappa shape index (κ3) is 2.14. The molecule has 0 radical (unpaired) electrons. The number of fused-ring (bicyclic) bond motifs is 5. The zero-order chi connectivity index (χ0) is 17.4. The standard InChI is InChI=1S/C21H33NO3/c1-19-7-8-21(24-10-11-25-21)12-14(19)4-5-15-16-6-9-22(3)20(16,2)13-17(23)18(15)19/h4,15-18,23H,5-13H2,1-3H3/t15?,16?,17-,18?,19-,20-/m0/s1. The minimum Gasteiger partial charge on any atom is -0.393 e. The number of hydrogen-bond donors (Lipinski definition) is 1. The van der Waals surface area contributed by atoms with Crippen LogP contribution in [0.15, 0.2) is 11.6 Å². The van der Waals surface area contributed by atoms with Gasteiger partial charge in [-0.25, -0.2) is 0 Å². The number of likely N-dealkylation sites (tertiary alicyclic amines) is 1. The Labute approximate surface area is 151 Å². The van der Waals surface area contributed by atoms with Crippen LogP contribution in [0.25, 0.3) is 0 Å². The van der Waals surface area contributed by atoms with Gasteiger partial charge in [-0.15, -0.1) is 0 Å². The van der Waals surface area contributed by atoms with E-state index in [1.807, 2.05) is 0 Å². The summed E-state index contributed by atoms with van der Waals surface area (Å²) in [6, 6.07) is 0.